The normalized spacial score (nSPS) is 9.44. The Morgan fingerprint density at radius 3 is 2.89 bits per heavy atom. The van der Waals surface area contributed by atoms with Gasteiger partial charge < -0.3 is 4.42 Å². The lowest BCUT2D eigenvalue weighted by Gasteiger charge is -1.84. The van der Waals surface area contributed by atoms with Crippen LogP contribution < -0.4 is 0 Å². The van der Waals surface area contributed by atoms with Crippen molar-refractivity contribution in [3.05, 3.63) is 24.2 Å². The van der Waals surface area contributed by atoms with Crippen LogP contribution in [-0.2, 0) is 5.11 Å². The summed E-state index contributed by atoms with van der Waals surface area (Å²) >= 11 is 0. The van der Waals surface area contributed by atoms with Gasteiger partial charge >= 0.3 is 0 Å². The lowest BCUT2D eigenvalue weighted by molar-refractivity contribution is 0.0799. The highest BCUT2D eigenvalue weighted by molar-refractivity contribution is 5.94. The van der Waals surface area contributed by atoms with Crippen molar-refractivity contribution < 1.29 is 14.3 Å². The molecule has 3 heteroatoms. The first-order chi connectivity index (χ1) is 4.34. The van der Waals surface area contributed by atoms with Gasteiger partial charge in [0.1, 0.15) is 6.61 Å². The standard InChI is InChI=1S/C6H5O3/c7-4-5(8)6-2-1-3-9-6/h1-3H,4H2. The first kappa shape index (κ1) is 6.04. The van der Waals surface area contributed by atoms with E-state index < -0.39 is 12.4 Å². The molecule has 0 aliphatic rings. The number of hydrogen-bond donors (Lipinski definition) is 0. The zero-order chi connectivity index (χ0) is 6.69. The van der Waals surface area contributed by atoms with Crippen molar-refractivity contribution in [3.8, 4) is 0 Å². The van der Waals surface area contributed by atoms with Gasteiger partial charge in [0.25, 0.3) is 0 Å². The first-order valence-corrected chi connectivity index (χ1v) is 2.49. The van der Waals surface area contributed by atoms with Crippen molar-refractivity contribution in [2.24, 2.45) is 0 Å². The van der Waals surface area contributed by atoms with E-state index in [2.05, 4.69) is 4.42 Å². The average Bonchev–Trinajstić information content (AvgIpc) is 2.37. The van der Waals surface area contributed by atoms with Crippen LogP contribution in [0, 0.1) is 0 Å². The van der Waals surface area contributed by atoms with E-state index in [-0.39, 0.29) is 5.76 Å². The van der Waals surface area contributed by atoms with Gasteiger partial charge in [-0.15, -0.1) is 0 Å². The summed E-state index contributed by atoms with van der Waals surface area (Å²) in [4.78, 5) is 10.5. The second-order valence-corrected chi connectivity index (χ2v) is 1.54. The first-order valence-electron chi connectivity index (χ1n) is 2.49. The van der Waals surface area contributed by atoms with E-state index in [1.165, 1.54) is 12.3 Å². The molecule has 0 saturated carbocycles. The second-order valence-electron chi connectivity index (χ2n) is 1.54. The summed E-state index contributed by atoms with van der Waals surface area (Å²) in [5, 5.41) is 9.92. The Labute approximate surface area is 51.9 Å². The molecule has 0 aromatic carbocycles. The minimum absolute atomic E-state index is 0.144. The number of rotatable bonds is 2. The molecule has 1 heterocycles. The number of Topliss-reactive ketones (excluding diaryl/α,β-unsaturated/α-hetero) is 1. The van der Waals surface area contributed by atoms with E-state index in [1.54, 1.807) is 6.07 Å². The van der Waals surface area contributed by atoms with E-state index in [1.807, 2.05) is 0 Å². The monoisotopic (exact) mass is 125 g/mol. The predicted molar refractivity (Wildman–Crippen MR) is 28.6 cm³/mol. The number of carbonyl (C=O) groups excluding carboxylic acids is 1. The van der Waals surface area contributed by atoms with Crippen LogP contribution in [-0.4, -0.2) is 12.4 Å². The fourth-order valence-corrected chi connectivity index (χ4v) is 0.508. The van der Waals surface area contributed by atoms with Gasteiger partial charge in [0.15, 0.2) is 5.76 Å². The van der Waals surface area contributed by atoms with Crippen LogP contribution in [0.5, 0.6) is 0 Å². The molecule has 9 heavy (non-hydrogen) atoms. The number of furan rings is 1. The second kappa shape index (κ2) is 2.46. The quantitative estimate of drug-likeness (QED) is 0.551. The Bertz CT molecular complexity index is 188. The topological polar surface area (TPSA) is 50.1 Å². The molecule has 0 saturated heterocycles. The molecule has 0 amide bonds. The molecule has 0 aliphatic carbocycles. The van der Waals surface area contributed by atoms with Gasteiger partial charge in [-0.1, -0.05) is 0 Å². The molecule has 1 radical (unpaired) electrons. The third-order valence-corrected chi connectivity index (χ3v) is 0.927. The van der Waals surface area contributed by atoms with Crippen molar-refractivity contribution >= 4 is 5.78 Å². The molecule has 1 rings (SSSR count). The molecule has 1 aromatic heterocycles. The highest BCUT2D eigenvalue weighted by Crippen LogP contribution is 1.99. The molecule has 0 aliphatic heterocycles. The molecule has 1 aromatic rings. The van der Waals surface area contributed by atoms with Crippen LogP contribution in [0.25, 0.3) is 0 Å². The Kier molecular flexibility index (Phi) is 1.65. The van der Waals surface area contributed by atoms with Gasteiger partial charge in [0, 0.05) is 0 Å². The zero-order valence-corrected chi connectivity index (χ0v) is 4.66. The van der Waals surface area contributed by atoms with Crippen LogP contribution in [0.3, 0.4) is 0 Å². The number of hydrogen-bond acceptors (Lipinski definition) is 2. The summed E-state index contributed by atoms with van der Waals surface area (Å²) in [5.41, 5.74) is 0. The fourth-order valence-electron chi connectivity index (χ4n) is 0.508. The summed E-state index contributed by atoms with van der Waals surface area (Å²) in [7, 11) is 0. The summed E-state index contributed by atoms with van der Waals surface area (Å²) in [6, 6.07) is 3.04. The Hall–Kier alpha value is -1.09. The molecular formula is C6H5O3. The summed E-state index contributed by atoms with van der Waals surface area (Å²) in [6.07, 6.45) is 1.36. The highest BCUT2D eigenvalue weighted by atomic mass is 16.3. The van der Waals surface area contributed by atoms with Crippen molar-refractivity contribution in [3.63, 3.8) is 0 Å². The van der Waals surface area contributed by atoms with Gasteiger partial charge in [0.05, 0.1) is 6.26 Å². The van der Waals surface area contributed by atoms with Gasteiger partial charge in [-0.2, -0.15) is 0 Å². The average molecular weight is 125 g/mol. The Balaban J connectivity index is 2.77. The van der Waals surface area contributed by atoms with E-state index >= 15 is 0 Å². The van der Waals surface area contributed by atoms with Crippen molar-refractivity contribution in [1.82, 2.24) is 0 Å². The Morgan fingerprint density at radius 2 is 2.44 bits per heavy atom. The molecule has 0 unspecified atom stereocenters. The van der Waals surface area contributed by atoms with E-state index in [9.17, 15) is 9.90 Å². The number of ketones is 1. The third kappa shape index (κ3) is 1.17. The van der Waals surface area contributed by atoms with Crippen molar-refractivity contribution in [2.45, 2.75) is 0 Å². The molecular weight excluding hydrogens is 120 g/mol. The van der Waals surface area contributed by atoms with Gasteiger partial charge in [-0.25, -0.2) is 5.11 Å². The largest absolute Gasteiger partial charge is 0.461 e. The molecule has 3 nitrogen and oxygen atoms in total. The summed E-state index contributed by atoms with van der Waals surface area (Å²) in [5.74, 6) is -0.356. The van der Waals surface area contributed by atoms with Crippen LogP contribution in [0.2, 0.25) is 0 Å². The molecule has 47 valence electrons. The minimum atomic E-state index is -0.743. The van der Waals surface area contributed by atoms with Gasteiger partial charge in [-0.3, -0.25) is 4.79 Å². The predicted octanol–water partition coefficient (Wildman–Crippen LogP) is 0.893. The molecule has 0 spiro atoms. The van der Waals surface area contributed by atoms with Crippen molar-refractivity contribution in [1.29, 1.82) is 0 Å². The minimum Gasteiger partial charge on any atom is -0.461 e. The smallest absolute Gasteiger partial charge is 0.226 e. The zero-order valence-electron chi connectivity index (χ0n) is 4.66. The van der Waals surface area contributed by atoms with Crippen LogP contribution >= 0.6 is 0 Å². The molecule has 0 N–H and O–H groups in total. The lowest BCUT2D eigenvalue weighted by atomic mass is 10.3. The van der Waals surface area contributed by atoms with Crippen LogP contribution in [0.15, 0.2) is 22.8 Å². The van der Waals surface area contributed by atoms with E-state index in [4.69, 9.17) is 0 Å². The maximum absolute atomic E-state index is 10.5. The van der Waals surface area contributed by atoms with Crippen LogP contribution in [0.4, 0.5) is 0 Å². The SMILES string of the molecule is [O]CC(=O)c1ccco1. The molecule has 0 bridgehead atoms. The summed E-state index contributed by atoms with van der Waals surface area (Å²) in [6.45, 7) is -0.743. The summed E-state index contributed by atoms with van der Waals surface area (Å²) < 4.78 is 4.64. The molecule has 0 fully saturated rings. The van der Waals surface area contributed by atoms with Crippen molar-refractivity contribution in [2.75, 3.05) is 6.61 Å². The molecule has 0 atom stereocenters. The maximum Gasteiger partial charge on any atom is 0.226 e. The van der Waals surface area contributed by atoms with E-state index in [0.717, 1.165) is 0 Å². The number of carbonyl (C=O) groups is 1. The lowest BCUT2D eigenvalue weighted by Crippen LogP contribution is -2.00. The van der Waals surface area contributed by atoms with Gasteiger partial charge in [0.2, 0.25) is 5.78 Å². The maximum atomic E-state index is 10.5. The highest BCUT2D eigenvalue weighted by Gasteiger charge is 2.05. The van der Waals surface area contributed by atoms with Crippen LogP contribution in [0.1, 0.15) is 10.6 Å². The third-order valence-electron chi connectivity index (χ3n) is 0.927. The fraction of sp³-hybridized carbons (Fsp3) is 0.167. The Morgan fingerprint density at radius 1 is 1.67 bits per heavy atom. The van der Waals surface area contributed by atoms with Gasteiger partial charge in [-0.05, 0) is 12.1 Å². The van der Waals surface area contributed by atoms with E-state index in [0.29, 0.717) is 0 Å².